The van der Waals surface area contributed by atoms with Crippen LogP contribution in [-0.4, -0.2) is 15.0 Å². The molecule has 0 saturated carbocycles. The minimum Gasteiger partial charge on any atom is -0.507 e. The molecular formula is C18H10BrN3O3S. The van der Waals surface area contributed by atoms with Gasteiger partial charge in [-0.1, -0.05) is 6.07 Å². The quantitative estimate of drug-likeness (QED) is 0.348. The Morgan fingerprint density at radius 3 is 2.65 bits per heavy atom. The molecule has 3 rings (SSSR count). The maximum absolute atomic E-state index is 10.7. The van der Waals surface area contributed by atoms with Crippen LogP contribution in [0.25, 0.3) is 22.9 Å². The molecule has 0 radical (unpaired) electrons. The van der Waals surface area contributed by atoms with Gasteiger partial charge >= 0.3 is 0 Å². The molecule has 26 heavy (non-hydrogen) atoms. The van der Waals surface area contributed by atoms with E-state index >= 15 is 0 Å². The number of thiazole rings is 1. The van der Waals surface area contributed by atoms with E-state index in [4.69, 9.17) is 0 Å². The summed E-state index contributed by atoms with van der Waals surface area (Å²) in [6.45, 7) is 0. The van der Waals surface area contributed by atoms with Crippen molar-refractivity contribution < 1.29 is 10.0 Å². The third-order valence-corrected chi connectivity index (χ3v) is 5.02. The van der Waals surface area contributed by atoms with E-state index in [1.54, 1.807) is 35.7 Å². The SMILES string of the molecule is N#CC(=Cc1ccc(O)c(Br)c1)c1nc(-c2ccc([N+](=O)[O-])cc2)cs1. The van der Waals surface area contributed by atoms with Gasteiger partial charge in [0.25, 0.3) is 5.69 Å². The number of hydrogen-bond acceptors (Lipinski definition) is 6. The topological polar surface area (TPSA) is 100 Å². The van der Waals surface area contributed by atoms with Gasteiger partial charge < -0.3 is 5.11 Å². The monoisotopic (exact) mass is 427 g/mol. The molecule has 0 amide bonds. The maximum atomic E-state index is 10.7. The zero-order chi connectivity index (χ0) is 18.7. The molecule has 0 atom stereocenters. The number of aromatic hydroxyl groups is 1. The van der Waals surface area contributed by atoms with E-state index in [2.05, 4.69) is 27.0 Å². The highest BCUT2D eigenvalue weighted by atomic mass is 79.9. The number of nitriles is 1. The van der Waals surface area contributed by atoms with Crippen LogP contribution >= 0.6 is 27.3 Å². The molecule has 0 fully saturated rings. The Labute approximate surface area is 161 Å². The van der Waals surface area contributed by atoms with Crippen molar-refractivity contribution in [1.29, 1.82) is 5.26 Å². The smallest absolute Gasteiger partial charge is 0.269 e. The molecule has 0 aliphatic heterocycles. The number of benzene rings is 2. The van der Waals surface area contributed by atoms with Gasteiger partial charge in [-0.15, -0.1) is 11.3 Å². The van der Waals surface area contributed by atoms with Crippen LogP contribution in [0.15, 0.2) is 52.3 Å². The van der Waals surface area contributed by atoms with E-state index in [0.717, 1.165) is 11.1 Å². The molecule has 6 nitrogen and oxygen atoms in total. The van der Waals surface area contributed by atoms with E-state index < -0.39 is 4.92 Å². The fourth-order valence-electron chi connectivity index (χ4n) is 2.21. The fourth-order valence-corrected chi connectivity index (χ4v) is 3.40. The number of halogens is 1. The molecule has 1 N–H and O–H groups in total. The number of nitrogens with zero attached hydrogens (tertiary/aromatic N) is 3. The van der Waals surface area contributed by atoms with Gasteiger partial charge in [0, 0.05) is 23.1 Å². The van der Waals surface area contributed by atoms with Crippen LogP contribution in [0, 0.1) is 21.4 Å². The average Bonchev–Trinajstić information content (AvgIpc) is 3.12. The fraction of sp³-hybridized carbons (Fsp3) is 0. The van der Waals surface area contributed by atoms with Crippen molar-refractivity contribution in [3.8, 4) is 23.1 Å². The van der Waals surface area contributed by atoms with Crippen molar-refractivity contribution in [1.82, 2.24) is 4.98 Å². The summed E-state index contributed by atoms with van der Waals surface area (Å²) in [4.78, 5) is 14.7. The summed E-state index contributed by atoms with van der Waals surface area (Å²) in [6.07, 6.45) is 1.68. The molecule has 0 aliphatic rings. The van der Waals surface area contributed by atoms with E-state index in [0.29, 0.717) is 20.7 Å². The summed E-state index contributed by atoms with van der Waals surface area (Å²) in [7, 11) is 0. The Morgan fingerprint density at radius 2 is 2.04 bits per heavy atom. The molecule has 3 aromatic rings. The lowest BCUT2D eigenvalue weighted by atomic mass is 10.1. The van der Waals surface area contributed by atoms with Gasteiger partial charge in [-0.05, 0) is 51.8 Å². The van der Waals surface area contributed by atoms with E-state index in [9.17, 15) is 20.5 Å². The molecule has 0 unspecified atom stereocenters. The minimum absolute atomic E-state index is 0.0136. The first kappa shape index (κ1) is 17.8. The van der Waals surface area contributed by atoms with Gasteiger partial charge in [-0.2, -0.15) is 5.26 Å². The van der Waals surface area contributed by atoms with Crippen molar-refractivity contribution >= 4 is 44.6 Å². The summed E-state index contributed by atoms with van der Waals surface area (Å²) in [5.74, 6) is 0.121. The summed E-state index contributed by atoms with van der Waals surface area (Å²) in [5.41, 5.74) is 2.54. The van der Waals surface area contributed by atoms with E-state index in [-0.39, 0.29) is 11.4 Å². The number of phenolic OH excluding ortho intramolecular Hbond substituents is 1. The predicted molar refractivity (Wildman–Crippen MR) is 103 cm³/mol. The van der Waals surface area contributed by atoms with Gasteiger partial charge in [0.2, 0.25) is 0 Å². The second kappa shape index (κ2) is 7.47. The van der Waals surface area contributed by atoms with Crippen LogP contribution in [0.4, 0.5) is 5.69 Å². The van der Waals surface area contributed by atoms with Crippen LogP contribution in [0.3, 0.4) is 0 Å². The molecule has 0 saturated heterocycles. The van der Waals surface area contributed by atoms with Gasteiger partial charge in [0.1, 0.15) is 16.8 Å². The first-order chi connectivity index (χ1) is 12.5. The Bertz CT molecular complexity index is 1050. The summed E-state index contributed by atoms with van der Waals surface area (Å²) >= 11 is 4.56. The zero-order valence-corrected chi connectivity index (χ0v) is 15.5. The highest BCUT2D eigenvalue weighted by Crippen LogP contribution is 2.30. The number of hydrogen-bond donors (Lipinski definition) is 1. The standard InChI is InChI=1S/C18H10BrN3O3S/c19-15-8-11(1-6-17(15)23)7-13(9-20)18-21-16(10-26-18)12-2-4-14(5-3-12)22(24)25/h1-8,10,23H. The summed E-state index contributed by atoms with van der Waals surface area (Å²) in [6, 6.07) is 13.2. The van der Waals surface area contributed by atoms with Crippen molar-refractivity contribution in [2.24, 2.45) is 0 Å². The molecular weight excluding hydrogens is 418 g/mol. The lowest BCUT2D eigenvalue weighted by molar-refractivity contribution is -0.384. The van der Waals surface area contributed by atoms with Gasteiger partial charge in [0.05, 0.1) is 20.7 Å². The van der Waals surface area contributed by atoms with Crippen LogP contribution in [-0.2, 0) is 0 Å². The van der Waals surface area contributed by atoms with Gasteiger partial charge in [0.15, 0.2) is 0 Å². The van der Waals surface area contributed by atoms with Crippen LogP contribution < -0.4 is 0 Å². The van der Waals surface area contributed by atoms with Crippen LogP contribution in [0.2, 0.25) is 0 Å². The number of aromatic nitrogens is 1. The molecule has 0 bridgehead atoms. The first-order valence-electron chi connectivity index (χ1n) is 7.29. The zero-order valence-electron chi connectivity index (χ0n) is 13.1. The second-order valence-electron chi connectivity index (χ2n) is 5.22. The number of nitro groups is 1. The molecule has 2 aromatic carbocycles. The number of non-ortho nitro benzene ring substituents is 1. The van der Waals surface area contributed by atoms with Crippen molar-refractivity contribution in [3.05, 3.63) is 73.0 Å². The molecule has 1 heterocycles. The second-order valence-corrected chi connectivity index (χ2v) is 6.93. The molecule has 0 aliphatic carbocycles. The number of nitro benzene ring substituents is 1. The Balaban J connectivity index is 1.91. The third-order valence-electron chi connectivity index (χ3n) is 3.51. The number of phenols is 1. The highest BCUT2D eigenvalue weighted by molar-refractivity contribution is 9.10. The number of allylic oxidation sites excluding steroid dienone is 1. The Morgan fingerprint density at radius 1 is 1.31 bits per heavy atom. The Hall–Kier alpha value is -3.02. The minimum atomic E-state index is -0.456. The molecule has 128 valence electrons. The van der Waals surface area contributed by atoms with Crippen molar-refractivity contribution in [2.75, 3.05) is 0 Å². The van der Waals surface area contributed by atoms with E-state index in [1.807, 2.05) is 0 Å². The highest BCUT2D eigenvalue weighted by Gasteiger charge is 2.11. The first-order valence-corrected chi connectivity index (χ1v) is 8.96. The van der Waals surface area contributed by atoms with E-state index in [1.165, 1.54) is 29.5 Å². The summed E-state index contributed by atoms with van der Waals surface area (Å²) in [5, 5.41) is 32.1. The molecule has 8 heteroatoms. The van der Waals surface area contributed by atoms with Crippen LogP contribution in [0.5, 0.6) is 5.75 Å². The Kier molecular flexibility index (Phi) is 5.11. The average molecular weight is 428 g/mol. The van der Waals surface area contributed by atoms with Crippen LogP contribution in [0.1, 0.15) is 10.6 Å². The molecule has 0 spiro atoms. The summed E-state index contributed by atoms with van der Waals surface area (Å²) < 4.78 is 0.536. The lowest BCUT2D eigenvalue weighted by Gasteiger charge is -1.99. The maximum Gasteiger partial charge on any atom is 0.269 e. The number of rotatable bonds is 4. The predicted octanol–water partition coefficient (Wildman–Crippen LogP) is 5.25. The normalized spacial score (nSPS) is 11.2. The lowest BCUT2D eigenvalue weighted by Crippen LogP contribution is -1.87. The van der Waals surface area contributed by atoms with Crippen molar-refractivity contribution in [3.63, 3.8) is 0 Å². The molecule has 1 aromatic heterocycles. The van der Waals surface area contributed by atoms with Gasteiger partial charge in [-0.25, -0.2) is 4.98 Å². The third kappa shape index (κ3) is 3.79. The van der Waals surface area contributed by atoms with Gasteiger partial charge in [-0.3, -0.25) is 10.1 Å². The van der Waals surface area contributed by atoms with Crippen molar-refractivity contribution in [2.45, 2.75) is 0 Å². The largest absolute Gasteiger partial charge is 0.507 e.